The van der Waals surface area contributed by atoms with Crippen LogP contribution >= 0.6 is 0 Å². The van der Waals surface area contributed by atoms with Crippen molar-refractivity contribution in [1.82, 2.24) is 4.90 Å². The van der Waals surface area contributed by atoms with Gasteiger partial charge in [0.2, 0.25) is 0 Å². The molecule has 0 amide bonds. The van der Waals surface area contributed by atoms with E-state index in [9.17, 15) is 5.11 Å². The van der Waals surface area contributed by atoms with Crippen molar-refractivity contribution >= 4 is 0 Å². The second-order valence-corrected chi connectivity index (χ2v) is 4.68. The molecule has 0 aliphatic carbocycles. The third-order valence-electron chi connectivity index (χ3n) is 2.90. The standard InChI is InChI=1S/C17H19NO/c1-15(19)12-18(13-16-8-4-2-5-9-16)14-17-10-6-3-7-11-17/h2-11,19H,1,12-14H2. The van der Waals surface area contributed by atoms with Crippen molar-refractivity contribution in [2.45, 2.75) is 13.1 Å². The Morgan fingerprint density at radius 3 is 1.63 bits per heavy atom. The summed E-state index contributed by atoms with van der Waals surface area (Å²) in [6, 6.07) is 20.5. The van der Waals surface area contributed by atoms with Crippen LogP contribution in [0.5, 0.6) is 0 Å². The SMILES string of the molecule is C=C(O)CN(Cc1ccccc1)Cc1ccccc1. The molecule has 98 valence electrons. The normalized spacial score (nSPS) is 10.6. The van der Waals surface area contributed by atoms with Crippen molar-refractivity contribution in [2.24, 2.45) is 0 Å². The van der Waals surface area contributed by atoms with E-state index >= 15 is 0 Å². The molecule has 0 aliphatic rings. The molecular weight excluding hydrogens is 234 g/mol. The van der Waals surface area contributed by atoms with Gasteiger partial charge in [-0.1, -0.05) is 67.2 Å². The first-order chi connectivity index (χ1) is 9.24. The van der Waals surface area contributed by atoms with Gasteiger partial charge in [0.05, 0.1) is 12.3 Å². The maximum Gasteiger partial charge on any atom is 0.0991 e. The van der Waals surface area contributed by atoms with Gasteiger partial charge in [-0.15, -0.1) is 0 Å². The molecule has 19 heavy (non-hydrogen) atoms. The highest BCUT2D eigenvalue weighted by molar-refractivity contribution is 5.17. The fraction of sp³-hybridized carbons (Fsp3) is 0.176. The zero-order valence-electron chi connectivity index (χ0n) is 11.0. The van der Waals surface area contributed by atoms with Crippen LogP contribution in [0.15, 0.2) is 73.0 Å². The van der Waals surface area contributed by atoms with E-state index in [0.717, 1.165) is 13.1 Å². The number of benzene rings is 2. The summed E-state index contributed by atoms with van der Waals surface area (Å²) in [5, 5.41) is 9.44. The number of hydrogen-bond donors (Lipinski definition) is 1. The number of aliphatic hydroxyl groups excluding tert-OH is 1. The average Bonchev–Trinajstić information content (AvgIpc) is 2.40. The van der Waals surface area contributed by atoms with Crippen LogP contribution in [0.3, 0.4) is 0 Å². The lowest BCUT2D eigenvalue weighted by atomic mass is 10.1. The van der Waals surface area contributed by atoms with Gasteiger partial charge in [-0.3, -0.25) is 4.90 Å². The first kappa shape index (κ1) is 13.4. The lowest BCUT2D eigenvalue weighted by molar-refractivity contribution is 0.236. The summed E-state index contributed by atoms with van der Waals surface area (Å²) in [6.07, 6.45) is 0. The predicted octanol–water partition coefficient (Wildman–Crippen LogP) is 3.76. The molecule has 0 atom stereocenters. The lowest BCUT2D eigenvalue weighted by Gasteiger charge is -2.22. The first-order valence-electron chi connectivity index (χ1n) is 6.41. The van der Waals surface area contributed by atoms with E-state index in [-0.39, 0.29) is 5.76 Å². The van der Waals surface area contributed by atoms with Crippen molar-refractivity contribution in [3.8, 4) is 0 Å². The molecule has 1 N–H and O–H groups in total. The van der Waals surface area contributed by atoms with E-state index in [1.165, 1.54) is 11.1 Å². The molecule has 0 saturated heterocycles. The van der Waals surface area contributed by atoms with Gasteiger partial charge in [0.1, 0.15) is 0 Å². The molecule has 0 bridgehead atoms. The van der Waals surface area contributed by atoms with E-state index in [1.54, 1.807) is 0 Å². The highest BCUT2D eigenvalue weighted by atomic mass is 16.3. The molecular formula is C17H19NO. The van der Waals surface area contributed by atoms with Crippen LogP contribution in [0.1, 0.15) is 11.1 Å². The Morgan fingerprint density at radius 2 is 1.26 bits per heavy atom. The molecule has 0 unspecified atom stereocenters. The summed E-state index contributed by atoms with van der Waals surface area (Å²) in [5.41, 5.74) is 2.47. The first-order valence-corrected chi connectivity index (χ1v) is 6.41. The highest BCUT2D eigenvalue weighted by Gasteiger charge is 2.08. The maximum atomic E-state index is 9.44. The van der Waals surface area contributed by atoms with Crippen LogP contribution in [0, 0.1) is 0 Å². The third-order valence-corrected chi connectivity index (χ3v) is 2.90. The zero-order chi connectivity index (χ0) is 13.5. The summed E-state index contributed by atoms with van der Waals surface area (Å²) in [7, 11) is 0. The van der Waals surface area contributed by atoms with Gasteiger partial charge in [-0.25, -0.2) is 0 Å². The van der Waals surface area contributed by atoms with Gasteiger partial charge < -0.3 is 5.11 Å². The molecule has 2 aromatic carbocycles. The molecule has 2 nitrogen and oxygen atoms in total. The van der Waals surface area contributed by atoms with Crippen LogP contribution in [0.2, 0.25) is 0 Å². The largest absolute Gasteiger partial charge is 0.512 e. The second kappa shape index (κ2) is 6.76. The van der Waals surface area contributed by atoms with Crippen molar-refractivity contribution in [2.75, 3.05) is 6.54 Å². The van der Waals surface area contributed by atoms with E-state index in [2.05, 4.69) is 35.7 Å². The molecule has 0 aromatic heterocycles. The molecule has 0 radical (unpaired) electrons. The molecule has 2 aromatic rings. The van der Waals surface area contributed by atoms with Crippen LogP contribution < -0.4 is 0 Å². The summed E-state index contributed by atoms with van der Waals surface area (Å²) in [6.45, 7) is 5.68. The minimum Gasteiger partial charge on any atom is -0.512 e. The zero-order valence-corrected chi connectivity index (χ0v) is 11.0. The molecule has 0 fully saturated rings. The number of rotatable bonds is 6. The number of aliphatic hydroxyl groups is 1. The third kappa shape index (κ3) is 4.60. The topological polar surface area (TPSA) is 23.5 Å². The minimum atomic E-state index is 0.201. The Morgan fingerprint density at radius 1 is 0.842 bits per heavy atom. The molecule has 2 rings (SSSR count). The second-order valence-electron chi connectivity index (χ2n) is 4.68. The highest BCUT2D eigenvalue weighted by Crippen LogP contribution is 2.10. The van der Waals surface area contributed by atoms with Gasteiger partial charge in [-0.2, -0.15) is 0 Å². The Kier molecular flexibility index (Phi) is 4.76. The summed E-state index contributed by atoms with van der Waals surface area (Å²) < 4.78 is 0. The van der Waals surface area contributed by atoms with Crippen molar-refractivity contribution in [1.29, 1.82) is 0 Å². The summed E-state index contributed by atoms with van der Waals surface area (Å²) in [5.74, 6) is 0.201. The van der Waals surface area contributed by atoms with Crippen LogP contribution in [-0.4, -0.2) is 16.6 Å². The minimum absolute atomic E-state index is 0.201. The summed E-state index contributed by atoms with van der Waals surface area (Å²) in [4.78, 5) is 2.17. The number of nitrogens with zero attached hydrogens (tertiary/aromatic N) is 1. The van der Waals surface area contributed by atoms with Gasteiger partial charge >= 0.3 is 0 Å². The van der Waals surface area contributed by atoms with E-state index in [1.807, 2.05) is 36.4 Å². The lowest BCUT2D eigenvalue weighted by Crippen LogP contribution is -2.25. The molecule has 0 aliphatic heterocycles. The molecule has 0 saturated carbocycles. The van der Waals surface area contributed by atoms with Gasteiger partial charge in [0.25, 0.3) is 0 Å². The Bertz CT molecular complexity index is 466. The van der Waals surface area contributed by atoms with E-state index < -0.39 is 0 Å². The van der Waals surface area contributed by atoms with Crippen molar-refractivity contribution in [3.63, 3.8) is 0 Å². The monoisotopic (exact) mass is 253 g/mol. The summed E-state index contributed by atoms with van der Waals surface area (Å²) >= 11 is 0. The van der Waals surface area contributed by atoms with Crippen LogP contribution in [0.4, 0.5) is 0 Å². The van der Waals surface area contributed by atoms with E-state index in [4.69, 9.17) is 0 Å². The fourth-order valence-electron chi connectivity index (χ4n) is 2.11. The van der Waals surface area contributed by atoms with E-state index in [0.29, 0.717) is 6.54 Å². The number of hydrogen-bond acceptors (Lipinski definition) is 2. The van der Waals surface area contributed by atoms with Crippen molar-refractivity contribution < 1.29 is 5.11 Å². The Labute approximate surface area is 114 Å². The average molecular weight is 253 g/mol. The smallest absolute Gasteiger partial charge is 0.0991 e. The Balaban J connectivity index is 2.06. The predicted molar refractivity (Wildman–Crippen MR) is 78.8 cm³/mol. The van der Waals surface area contributed by atoms with Gasteiger partial charge in [-0.05, 0) is 11.1 Å². The van der Waals surface area contributed by atoms with Crippen molar-refractivity contribution in [3.05, 3.63) is 84.1 Å². The molecule has 0 heterocycles. The van der Waals surface area contributed by atoms with Gasteiger partial charge in [0.15, 0.2) is 0 Å². The Hall–Kier alpha value is -2.06. The quantitative estimate of drug-likeness (QED) is 0.792. The van der Waals surface area contributed by atoms with Crippen LogP contribution in [0.25, 0.3) is 0 Å². The molecule has 2 heteroatoms. The maximum absolute atomic E-state index is 9.44. The fourth-order valence-corrected chi connectivity index (χ4v) is 2.11. The molecule has 0 spiro atoms. The van der Waals surface area contributed by atoms with Crippen LogP contribution in [-0.2, 0) is 13.1 Å². The van der Waals surface area contributed by atoms with Gasteiger partial charge in [0, 0.05) is 13.1 Å².